The van der Waals surface area contributed by atoms with Crippen LogP contribution in [0.4, 0.5) is 5.69 Å². The molecular formula is C17H14INO2. The number of nitrogens with zero attached hydrogens (tertiary/aromatic N) is 1. The maximum atomic E-state index is 12.3. The quantitative estimate of drug-likeness (QED) is 0.579. The smallest absolute Gasteiger partial charge is 0.299 e. The van der Waals surface area contributed by atoms with Crippen LogP contribution in [0.5, 0.6) is 0 Å². The lowest BCUT2D eigenvalue weighted by Gasteiger charge is -2.17. The Morgan fingerprint density at radius 2 is 1.71 bits per heavy atom. The van der Waals surface area contributed by atoms with Crippen molar-refractivity contribution in [2.24, 2.45) is 0 Å². The molecule has 0 aliphatic carbocycles. The summed E-state index contributed by atoms with van der Waals surface area (Å²) in [4.78, 5) is 26.0. The Balaban J connectivity index is 2.03. The topological polar surface area (TPSA) is 37.4 Å². The zero-order valence-corrected chi connectivity index (χ0v) is 14.0. The lowest BCUT2D eigenvalue weighted by molar-refractivity contribution is -0.114. The van der Waals surface area contributed by atoms with Gasteiger partial charge in [0, 0.05) is 3.57 Å². The van der Waals surface area contributed by atoms with Crippen molar-refractivity contribution in [1.29, 1.82) is 0 Å². The van der Waals surface area contributed by atoms with Gasteiger partial charge in [0.15, 0.2) is 0 Å². The van der Waals surface area contributed by atoms with Gasteiger partial charge in [0.25, 0.3) is 11.7 Å². The minimum absolute atomic E-state index is 0.395. The SMILES string of the molecule is Cc1cc(C)c2c(c1)N(Cc1ccc(I)cc1)C(=O)C2=O. The van der Waals surface area contributed by atoms with Crippen molar-refractivity contribution < 1.29 is 9.59 Å². The second-order valence-electron chi connectivity index (χ2n) is 5.32. The largest absolute Gasteiger partial charge is 0.300 e. The number of benzene rings is 2. The molecule has 4 heteroatoms. The molecule has 2 aromatic rings. The number of amides is 1. The van der Waals surface area contributed by atoms with Gasteiger partial charge in [0.1, 0.15) is 0 Å². The van der Waals surface area contributed by atoms with E-state index in [4.69, 9.17) is 0 Å². The Kier molecular flexibility index (Phi) is 3.57. The molecular weight excluding hydrogens is 377 g/mol. The number of carbonyl (C=O) groups excluding carboxylic acids is 2. The van der Waals surface area contributed by atoms with E-state index in [9.17, 15) is 9.59 Å². The molecule has 3 nitrogen and oxygen atoms in total. The number of rotatable bonds is 2. The van der Waals surface area contributed by atoms with Gasteiger partial charge in [0.2, 0.25) is 0 Å². The summed E-state index contributed by atoms with van der Waals surface area (Å²) in [6.45, 7) is 4.28. The van der Waals surface area contributed by atoms with Crippen molar-refractivity contribution in [3.63, 3.8) is 0 Å². The van der Waals surface area contributed by atoms with Gasteiger partial charge < -0.3 is 4.90 Å². The van der Waals surface area contributed by atoms with Gasteiger partial charge in [-0.15, -0.1) is 0 Å². The van der Waals surface area contributed by atoms with Gasteiger partial charge in [-0.1, -0.05) is 18.2 Å². The lowest BCUT2D eigenvalue weighted by atomic mass is 10.0. The van der Waals surface area contributed by atoms with Crippen molar-refractivity contribution in [3.8, 4) is 0 Å². The molecule has 2 aromatic carbocycles. The highest BCUT2D eigenvalue weighted by molar-refractivity contribution is 14.1. The zero-order valence-electron chi connectivity index (χ0n) is 11.8. The van der Waals surface area contributed by atoms with Crippen LogP contribution in [0.2, 0.25) is 0 Å². The minimum atomic E-state index is -0.433. The first-order chi connectivity index (χ1) is 9.97. The summed E-state index contributed by atoms with van der Waals surface area (Å²) in [5.41, 5.74) is 4.23. The highest BCUT2D eigenvalue weighted by Crippen LogP contribution is 2.33. The van der Waals surface area contributed by atoms with Crippen LogP contribution in [0.25, 0.3) is 0 Å². The van der Waals surface area contributed by atoms with Gasteiger partial charge in [0.05, 0.1) is 17.8 Å². The fraction of sp³-hybridized carbons (Fsp3) is 0.176. The molecule has 0 radical (unpaired) electrons. The predicted octanol–water partition coefficient (Wildman–Crippen LogP) is 3.64. The Bertz CT molecular complexity index is 750. The van der Waals surface area contributed by atoms with Crippen LogP contribution in [0.1, 0.15) is 27.0 Å². The highest BCUT2D eigenvalue weighted by Gasteiger charge is 2.37. The molecule has 0 fully saturated rings. The third kappa shape index (κ3) is 2.48. The second-order valence-corrected chi connectivity index (χ2v) is 6.57. The molecule has 0 bridgehead atoms. The van der Waals surface area contributed by atoms with Crippen LogP contribution < -0.4 is 4.90 Å². The number of halogens is 1. The Morgan fingerprint density at radius 1 is 1.05 bits per heavy atom. The molecule has 106 valence electrons. The number of fused-ring (bicyclic) bond motifs is 1. The Labute approximate surface area is 137 Å². The predicted molar refractivity (Wildman–Crippen MR) is 90.6 cm³/mol. The zero-order chi connectivity index (χ0) is 15.1. The van der Waals surface area contributed by atoms with E-state index in [1.807, 2.05) is 50.2 Å². The maximum Gasteiger partial charge on any atom is 0.299 e. The molecule has 0 N–H and O–H groups in total. The standard InChI is InChI=1S/C17H14INO2/c1-10-7-11(2)15-14(8-10)19(17(21)16(15)20)9-12-3-5-13(18)6-4-12/h3-8H,9H2,1-2H3. The van der Waals surface area contributed by atoms with E-state index in [0.29, 0.717) is 12.1 Å². The summed E-state index contributed by atoms with van der Waals surface area (Å²) in [6.07, 6.45) is 0. The monoisotopic (exact) mass is 391 g/mol. The second kappa shape index (κ2) is 5.26. The summed E-state index contributed by atoms with van der Waals surface area (Å²) < 4.78 is 1.15. The fourth-order valence-corrected chi connectivity index (χ4v) is 3.08. The number of carbonyl (C=O) groups is 2. The number of anilines is 1. The van der Waals surface area contributed by atoms with Gasteiger partial charge in [-0.3, -0.25) is 9.59 Å². The summed E-state index contributed by atoms with van der Waals surface area (Å²) in [5.74, 6) is -0.828. The molecule has 1 aliphatic rings. The van der Waals surface area contributed by atoms with Gasteiger partial charge >= 0.3 is 0 Å². The van der Waals surface area contributed by atoms with Crippen molar-refractivity contribution in [2.75, 3.05) is 4.90 Å². The molecule has 3 rings (SSSR count). The van der Waals surface area contributed by atoms with E-state index in [1.165, 1.54) is 0 Å². The van der Waals surface area contributed by atoms with E-state index in [2.05, 4.69) is 22.6 Å². The summed E-state index contributed by atoms with van der Waals surface area (Å²) in [6, 6.07) is 11.8. The van der Waals surface area contributed by atoms with E-state index < -0.39 is 11.7 Å². The number of hydrogen-bond acceptors (Lipinski definition) is 2. The van der Waals surface area contributed by atoms with Crippen LogP contribution in [-0.2, 0) is 11.3 Å². The Hall–Kier alpha value is -1.69. The van der Waals surface area contributed by atoms with E-state index in [-0.39, 0.29) is 0 Å². The van der Waals surface area contributed by atoms with Gasteiger partial charge in [-0.25, -0.2) is 0 Å². The summed E-state index contributed by atoms with van der Waals surface area (Å²) >= 11 is 2.24. The molecule has 1 aliphatic heterocycles. The van der Waals surface area contributed by atoms with Crippen molar-refractivity contribution in [2.45, 2.75) is 20.4 Å². The highest BCUT2D eigenvalue weighted by atomic mass is 127. The number of hydrogen-bond donors (Lipinski definition) is 0. The Morgan fingerprint density at radius 3 is 2.38 bits per heavy atom. The van der Waals surface area contributed by atoms with E-state index in [1.54, 1.807) is 4.90 Å². The van der Waals surface area contributed by atoms with E-state index in [0.717, 1.165) is 25.9 Å². The van der Waals surface area contributed by atoms with E-state index >= 15 is 0 Å². The van der Waals surface area contributed by atoms with Crippen LogP contribution in [-0.4, -0.2) is 11.7 Å². The first-order valence-electron chi connectivity index (χ1n) is 6.69. The first-order valence-corrected chi connectivity index (χ1v) is 7.77. The number of Topliss-reactive ketones (excluding diaryl/α,β-unsaturated/α-hetero) is 1. The first kappa shape index (κ1) is 14.3. The van der Waals surface area contributed by atoms with Gasteiger partial charge in [-0.2, -0.15) is 0 Å². The number of aryl methyl sites for hydroxylation is 2. The molecule has 1 heterocycles. The van der Waals surface area contributed by atoms with Crippen molar-refractivity contribution in [1.82, 2.24) is 0 Å². The average Bonchev–Trinajstić information content (AvgIpc) is 2.66. The summed E-state index contributed by atoms with van der Waals surface area (Å²) in [7, 11) is 0. The molecule has 0 atom stereocenters. The molecule has 0 saturated carbocycles. The van der Waals surface area contributed by atoms with Crippen LogP contribution >= 0.6 is 22.6 Å². The van der Waals surface area contributed by atoms with Crippen LogP contribution in [0, 0.1) is 17.4 Å². The molecule has 0 spiro atoms. The summed E-state index contributed by atoms with van der Waals surface area (Å²) in [5, 5.41) is 0. The molecule has 0 aromatic heterocycles. The van der Waals surface area contributed by atoms with Crippen LogP contribution in [0.15, 0.2) is 36.4 Å². The molecule has 0 unspecified atom stereocenters. The molecule has 1 amide bonds. The van der Waals surface area contributed by atoms with Crippen LogP contribution in [0.3, 0.4) is 0 Å². The minimum Gasteiger partial charge on any atom is -0.300 e. The third-order valence-electron chi connectivity index (χ3n) is 3.67. The molecule has 21 heavy (non-hydrogen) atoms. The van der Waals surface area contributed by atoms with Crippen molar-refractivity contribution >= 4 is 40.0 Å². The fourth-order valence-electron chi connectivity index (χ4n) is 2.72. The van der Waals surface area contributed by atoms with Gasteiger partial charge in [-0.05, 0) is 71.3 Å². The maximum absolute atomic E-state index is 12.3. The normalized spacial score (nSPS) is 13.8. The molecule has 0 saturated heterocycles. The third-order valence-corrected chi connectivity index (χ3v) is 4.39. The average molecular weight is 391 g/mol. The lowest BCUT2D eigenvalue weighted by Crippen LogP contribution is -2.29. The van der Waals surface area contributed by atoms with Crippen molar-refractivity contribution in [3.05, 3.63) is 62.2 Å². The number of ketones is 1.